The molecule has 2 amide bonds. The number of anilines is 1. The van der Waals surface area contributed by atoms with Gasteiger partial charge in [-0.3, -0.25) is 9.59 Å². The Morgan fingerprint density at radius 1 is 1.33 bits per heavy atom. The van der Waals surface area contributed by atoms with E-state index < -0.39 is 9.84 Å². The number of hydrogen-bond acceptors (Lipinski definition) is 5. The average molecular weight is 374 g/mol. The van der Waals surface area contributed by atoms with Crippen molar-refractivity contribution in [2.45, 2.75) is 12.5 Å². The number of halogens is 1. The number of nitrogens with zero attached hydrogens (tertiary/aromatic N) is 1. The lowest BCUT2D eigenvalue weighted by Gasteiger charge is -2.16. The highest BCUT2D eigenvalue weighted by atomic mass is 35.5. The summed E-state index contributed by atoms with van der Waals surface area (Å²) in [5.41, 5.74) is 0.857. The molecule has 0 aliphatic carbocycles. The summed E-state index contributed by atoms with van der Waals surface area (Å²) in [6.07, 6.45) is 0.426. The van der Waals surface area contributed by atoms with Crippen molar-refractivity contribution >= 4 is 38.9 Å². The molecule has 0 aromatic heterocycles. The van der Waals surface area contributed by atoms with Crippen LogP contribution in [0.2, 0.25) is 5.02 Å². The van der Waals surface area contributed by atoms with Gasteiger partial charge in [-0.25, -0.2) is 8.42 Å². The van der Waals surface area contributed by atoms with Crippen LogP contribution < -0.4 is 10.6 Å². The second kappa shape index (κ2) is 7.40. The SMILES string of the molecule is CN(C)C(=O)c1ccc(Cl)cc1NCC(=O)NC1CCS(=O)(=O)C1. The Morgan fingerprint density at radius 3 is 2.62 bits per heavy atom. The maximum absolute atomic E-state index is 12.1. The Bertz CT molecular complexity index is 749. The van der Waals surface area contributed by atoms with E-state index in [0.29, 0.717) is 22.7 Å². The molecule has 0 bridgehead atoms. The monoisotopic (exact) mass is 373 g/mol. The molecular formula is C15H20ClN3O4S. The zero-order valence-electron chi connectivity index (χ0n) is 13.5. The largest absolute Gasteiger partial charge is 0.375 e. The minimum atomic E-state index is -3.04. The Morgan fingerprint density at radius 2 is 2.04 bits per heavy atom. The number of carbonyl (C=O) groups excluding carboxylic acids is 2. The van der Waals surface area contributed by atoms with Gasteiger partial charge in [-0.05, 0) is 24.6 Å². The number of benzene rings is 1. The van der Waals surface area contributed by atoms with E-state index in [1.54, 1.807) is 32.3 Å². The van der Waals surface area contributed by atoms with Gasteiger partial charge in [0.05, 0.1) is 23.6 Å². The molecule has 0 saturated carbocycles. The van der Waals surface area contributed by atoms with Gasteiger partial charge in [-0.2, -0.15) is 0 Å². The number of amides is 2. The number of rotatable bonds is 5. The summed E-state index contributed by atoms with van der Waals surface area (Å²) in [5, 5.41) is 6.01. The fraction of sp³-hybridized carbons (Fsp3) is 0.467. The summed E-state index contributed by atoms with van der Waals surface area (Å²) < 4.78 is 22.8. The maximum atomic E-state index is 12.1. The van der Waals surface area contributed by atoms with Crippen LogP contribution in [0, 0.1) is 0 Å². The summed E-state index contributed by atoms with van der Waals surface area (Å²) in [6.45, 7) is -0.0788. The number of nitrogens with one attached hydrogen (secondary N) is 2. The molecule has 1 saturated heterocycles. The van der Waals surface area contributed by atoms with Gasteiger partial charge in [-0.15, -0.1) is 0 Å². The van der Waals surface area contributed by atoms with Gasteiger partial charge in [0.2, 0.25) is 5.91 Å². The van der Waals surface area contributed by atoms with E-state index in [1.807, 2.05) is 0 Å². The summed E-state index contributed by atoms with van der Waals surface area (Å²) in [6, 6.07) is 4.42. The number of sulfone groups is 1. The minimum Gasteiger partial charge on any atom is -0.375 e. The smallest absolute Gasteiger partial charge is 0.255 e. The molecule has 24 heavy (non-hydrogen) atoms. The van der Waals surface area contributed by atoms with Crippen molar-refractivity contribution in [3.8, 4) is 0 Å². The lowest BCUT2D eigenvalue weighted by molar-refractivity contribution is -0.119. The van der Waals surface area contributed by atoms with Crippen molar-refractivity contribution in [1.82, 2.24) is 10.2 Å². The van der Waals surface area contributed by atoms with Crippen molar-refractivity contribution < 1.29 is 18.0 Å². The van der Waals surface area contributed by atoms with E-state index in [2.05, 4.69) is 10.6 Å². The first kappa shape index (κ1) is 18.5. The summed E-state index contributed by atoms with van der Waals surface area (Å²) >= 11 is 5.95. The Hall–Kier alpha value is -1.80. The average Bonchev–Trinajstić information content (AvgIpc) is 2.83. The van der Waals surface area contributed by atoms with Gasteiger partial charge in [0.25, 0.3) is 5.91 Å². The van der Waals surface area contributed by atoms with Gasteiger partial charge in [0.1, 0.15) is 0 Å². The van der Waals surface area contributed by atoms with Gasteiger partial charge in [0, 0.05) is 30.8 Å². The maximum Gasteiger partial charge on any atom is 0.255 e. The first-order valence-electron chi connectivity index (χ1n) is 7.43. The summed E-state index contributed by atoms with van der Waals surface area (Å²) in [4.78, 5) is 25.6. The van der Waals surface area contributed by atoms with Crippen LogP contribution in [0.4, 0.5) is 5.69 Å². The normalized spacial score (nSPS) is 18.9. The first-order chi connectivity index (χ1) is 11.2. The van der Waals surface area contributed by atoms with Crippen molar-refractivity contribution in [2.75, 3.05) is 37.5 Å². The van der Waals surface area contributed by atoms with E-state index in [4.69, 9.17) is 11.6 Å². The molecule has 1 atom stereocenters. The third-order valence-corrected chi connectivity index (χ3v) is 5.66. The van der Waals surface area contributed by atoms with Gasteiger partial charge in [0.15, 0.2) is 9.84 Å². The highest BCUT2D eigenvalue weighted by Gasteiger charge is 2.28. The van der Waals surface area contributed by atoms with Crippen LogP contribution in [0.5, 0.6) is 0 Å². The molecule has 1 aliphatic heterocycles. The van der Waals surface area contributed by atoms with Crippen LogP contribution in [0.15, 0.2) is 18.2 Å². The fourth-order valence-corrected chi connectivity index (χ4v) is 4.30. The molecule has 2 rings (SSSR count). The van der Waals surface area contributed by atoms with Crippen molar-refractivity contribution in [3.05, 3.63) is 28.8 Å². The van der Waals surface area contributed by atoms with Gasteiger partial charge < -0.3 is 15.5 Å². The Labute approximate surface area is 146 Å². The molecule has 0 spiro atoms. The molecule has 2 N–H and O–H groups in total. The van der Waals surface area contributed by atoms with Crippen LogP contribution in [-0.4, -0.2) is 63.3 Å². The Balaban J connectivity index is 1.99. The van der Waals surface area contributed by atoms with Crippen molar-refractivity contribution in [3.63, 3.8) is 0 Å². The fourth-order valence-electron chi connectivity index (χ4n) is 2.45. The Kier molecular flexibility index (Phi) is 5.71. The summed E-state index contributed by atoms with van der Waals surface area (Å²) in [5.74, 6) is -0.474. The van der Waals surface area contributed by atoms with Crippen molar-refractivity contribution in [1.29, 1.82) is 0 Å². The second-order valence-electron chi connectivity index (χ2n) is 5.91. The quantitative estimate of drug-likeness (QED) is 0.794. The molecule has 1 heterocycles. The standard InChI is InChI=1S/C15H20ClN3O4S/c1-19(2)15(21)12-4-3-10(16)7-13(12)17-8-14(20)18-11-5-6-24(22,23)9-11/h3-4,7,11,17H,5-6,8-9H2,1-2H3,(H,18,20). The zero-order valence-corrected chi connectivity index (χ0v) is 15.1. The van der Waals surface area contributed by atoms with E-state index in [1.165, 1.54) is 4.90 Å². The van der Waals surface area contributed by atoms with Crippen LogP contribution in [0.25, 0.3) is 0 Å². The third kappa shape index (κ3) is 4.85. The predicted molar refractivity (Wildman–Crippen MR) is 93.2 cm³/mol. The van der Waals surface area contributed by atoms with Crippen LogP contribution >= 0.6 is 11.6 Å². The van der Waals surface area contributed by atoms with E-state index >= 15 is 0 Å². The molecule has 9 heteroatoms. The first-order valence-corrected chi connectivity index (χ1v) is 9.63. The summed E-state index contributed by atoms with van der Waals surface area (Å²) in [7, 11) is 0.222. The lowest BCUT2D eigenvalue weighted by atomic mass is 10.1. The van der Waals surface area contributed by atoms with Gasteiger partial charge >= 0.3 is 0 Å². The van der Waals surface area contributed by atoms with Crippen LogP contribution in [0.1, 0.15) is 16.8 Å². The molecule has 7 nitrogen and oxygen atoms in total. The van der Waals surface area contributed by atoms with Crippen LogP contribution in [0.3, 0.4) is 0 Å². The highest BCUT2D eigenvalue weighted by molar-refractivity contribution is 7.91. The van der Waals surface area contributed by atoms with Crippen molar-refractivity contribution in [2.24, 2.45) is 0 Å². The predicted octanol–water partition coefficient (Wildman–Crippen LogP) is 0.757. The topological polar surface area (TPSA) is 95.6 Å². The van der Waals surface area contributed by atoms with E-state index in [-0.39, 0.29) is 35.9 Å². The molecule has 1 aromatic carbocycles. The molecule has 0 radical (unpaired) electrons. The molecule has 1 unspecified atom stereocenters. The molecule has 132 valence electrons. The number of hydrogen-bond donors (Lipinski definition) is 2. The molecule has 1 aliphatic rings. The van der Waals surface area contributed by atoms with E-state index in [9.17, 15) is 18.0 Å². The highest BCUT2D eigenvalue weighted by Crippen LogP contribution is 2.22. The third-order valence-electron chi connectivity index (χ3n) is 3.66. The van der Waals surface area contributed by atoms with Crippen LogP contribution in [-0.2, 0) is 14.6 Å². The second-order valence-corrected chi connectivity index (χ2v) is 8.58. The molecule has 1 aromatic rings. The zero-order chi connectivity index (χ0) is 17.9. The number of carbonyl (C=O) groups is 2. The van der Waals surface area contributed by atoms with Gasteiger partial charge in [-0.1, -0.05) is 11.6 Å². The minimum absolute atomic E-state index is 0.0275. The molecular weight excluding hydrogens is 354 g/mol. The van der Waals surface area contributed by atoms with E-state index in [0.717, 1.165) is 0 Å². The molecule has 1 fully saturated rings. The lowest BCUT2D eigenvalue weighted by Crippen LogP contribution is -2.39.